The molecule has 1 aliphatic heterocycles. The van der Waals surface area contributed by atoms with Gasteiger partial charge in [-0.3, -0.25) is 10.1 Å². The lowest BCUT2D eigenvalue weighted by molar-refractivity contribution is -0.132. The lowest BCUT2D eigenvalue weighted by Gasteiger charge is -2.20. The van der Waals surface area contributed by atoms with E-state index in [4.69, 9.17) is 0 Å². The van der Waals surface area contributed by atoms with Crippen LogP contribution in [-0.4, -0.2) is 35.1 Å². The van der Waals surface area contributed by atoms with Gasteiger partial charge in [-0.2, -0.15) is 0 Å². The highest BCUT2D eigenvalue weighted by molar-refractivity contribution is 9.10. The van der Waals surface area contributed by atoms with Crippen molar-refractivity contribution in [3.05, 3.63) is 34.3 Å². The van der Waals surface area contributed by atoms with E-state index in [1.807, 2.05) is 24.3 Å². The SMILES string of the molecule is CN1C(=O)C(C)(CO)NC1c1ccc(Br)cc1. The summed E-state index contributed by atoms with van der Waals surface area (Å²) < 4.78 is 0.998. The summed E-state index contributed by atoms with van der Waals surface area (Å²) in [6.45, 7) is 1.51. The first-order valence-electron chi connectivity index (χ1n) is 5.39. The maximum Gasteiger partial charge on any atom is 0.246 e. The van der Waals surface area contributed by atoms with Gasteiger partial charge >= 0.3 is 0 Å². The number of halogens is 1. The van der Waals surface area contributed by atoms with Crippen LogP contribution in [0.5, 0.6) is 0 Å². The molecule has 4 nitrogen and oxygen atoms in total. The van der Waals surface area contributed by atoms with Gasteiger partial charge in [0.2, 0.25) is 5.91 Å². The van der Waals surface area contributed by atoms with Crippen LogP contribution in [0.15, 0.2) is 28.7 Å². The Hall–Kier alpha value is -0.910. The average molecular weight is 299 g/mol. The summed E-state index contributed by atoms with van der Waals surface area (Å²) in [4.78, 5) is 13.6. The normalized spacial score (nSPS) is 28.8. The van der Waals surface area contributed by atoms with Crippen molar-refractivity contribution >= 4 is 21.8 Å². The summed E-state index contributed by atoms with van der Waals surface area (Å²) in [5.74, 6) is -0.0899. The zero-order chi connectivity index (χ0) is 12.6. The van der Waals surface area contributed by atoms with Crippen molar-refractivity contribution in [2.45, 2.75) is 18.6 Å². The summed E-state index contributed by atoms with van der Waals surface area (Å²) in [6, 6.07) is 7.77. The van der Waals surface area contributed by atoms with Gasteiger partial charge in [-0.15, -0.1) is 0 Å². The standard InChI is InChI=1S/C12H15BrN2O2/c1-12(7-16)11(17)15(2)10(14-12)8-3-5-9(13)6-4-8/h3-6,10,14,16H,7H2,1-2H3. The van der Waals surface area contributed by atoms with Gasteiger partial charge in [0.05, 0.1) is 6.61 Å². The van der Waals surface area contributed by atoms with E-state index in [0.717, 1.165) is 10.0 Å². The fourth-order valence-electron chi connectivity index (χ4n) is 2.03. The van der Waals surface area contributed by atoms with Crippen LogP contribution in [0.1, 0.15) is 18.7 Å². The molecule has 2 atom stereocenters. The number of benzene rings is 1. The molecule has 0 aliphatic carbocycles. The number of rotatable bonds is 2. The average Bonchev–Trinajstić information content (AvgIpc) is 2.56. The maximum absolute atomic E-state index is 12.0. The lowest BCUT2D eigenvalue weighted by atomic mass is 10.1. The van der Waals surface area contributed by atoms with Crippen molar-refractivity contribution in [3.63, 3.8) is 0 Å². The number of hydrogen-bond acceptors (Lipinski definition) is 3. The predicted octanol–water partition coefficient (Wildman–Crippen LogP) is 1.26. The number of nitrogens with one attached hydrogen (secondary N) is 1. The second kappa shape index (κ2) is 4.40. The predicted molar refractivity (Wildman–Crippen MR) is 68.3 cm³/mol. The van der Waals surface area contributed by atoms with Crippen LogP contribution in [0.25, 0.3) is 0 Å². The minimum atomic E-state index is -0.882. The first-order chi connectivity index (χ1) is 7.98. The number of aliphatic hydroxyl groups excluding tert-OH is 1. The smallest absolute Gasteiger partial charge is 0.246 e. The Kier molecular flexibility index (Phi) is 3.25. The van der Waals surface area contributed by atoms with Crippen molar-refractivity contribution in [3.8, 4) is 0 Å². The number of carbonyl (C=O) groups excluding carboxylic acids is 1. The molecule has 0 aromatic heterocycles. The summed E-state index contributed by atoms with van der Waals surface area (Å²) >= 11 is 3.38. The van der Waals surface area contributed by atoms with Crippen molar-refractivity contribution in [1.29, 1.82) is 0 Å². The Morgan fingerprint density at radius 3 is 2.53 bits per heavy atom. The fourth-order valence-corrected chi connectivity index (χ4v) is 2.30. The third kappa shape index (κ3) is 2.10. The summed E-state index contributed by atoms with van der Waals surface area (Å²) in [5.41, 5.74) is 0.119. The molecule has 0 bridgehead atoms. The highest BCUT2D eigenvalue weighted by atomic mass is 79.9. The van der Waals surface area contributed by atoms with E-state index in [-0.39, 0.29) is 18.7 Å². The number of carbonyl (C=O) groups is 1. The maximum atomic E-state index is 12.0. The highest BCUT2D eigenvalue weighted by Crippen LogP contribution is 2.29. The fraction of sp³-hybridized carbons (Fsp3) is 0.417. The van der Waals surface area contributed by atoms with Crippen LogP contribution in [0.4, 0.5) is 0 Å². The van der Waals surface area contributed by atoms with Crippen LogP contribution in [0, 0.1) is 0 Å². The van der Waals surface area contributed by atoms with E-state index in [0.29, 0.717) is 0 Å². The minimum absolute atomic E-state index is 0.0899. The van der Waals surface area contributed by atoms with E-state index < -0.39 is 5.54 Å². The van der Waals surface area contributed by atoms with Gasteiger partial charge in [0.25, 0.3) is 0 Å². The number of aliphatic hydroxyl groups is 1. The molecule has 0 radical (unpaired) electrons. The molecule has 1 saturated heterocycles. The molecule has 1 amide bonds. The van der Waals surface area contributed by atoms with E-state index in [9.17, 15) is 9.90 Å². The molecular weight excluding hydrogens is 284 g/mol. The van der Waals surface area contributed by atoms with Crippen LogP contribution in [-0.2, 0) is 4.79 Å². The highest BCUT2D eigenvalue weighted by Gasteiger charge is 2.46. The van der Waals surface area contributed by atoms with Crippen molar-refractivity contribution in [1.82, 2.24) is 10.2 Å². The van der Waals surface area contributed by atoms with Gasteiger partial charge in [0.1, 0.15) is 11.7 Å². The number of hydrogen-bond donors (Lipinski definition) is 2. The molecule has 1 heterocycles. The number of likely N-dealkylation sites (N-methyl/N-ethyl adjacent to an activating group) is 1. The van der Waals surface area contributed by atoms with Crippen molar-refractivity contribution < 1.29 is 9.90 Å². The quantitative estimate of drug-likeness (QED) is 0.864. The van der Waals surface area contributed by atoms with Gasteiger partial charge < -0.3 is 10.0 Å². The molecule has 2 rings (SSSR count). The Morgan fingerprint density at radius 1 is 1.47 bits per heavy atom. The molecule has 1 fully saturated rings. The zero-order valence-corrected chi connectivity index (χ0v) is 11.4. The molecule has 92 valence electrons. The van der Waals surface area contributed by atoms with E-state index in [1.54, 1.807) is 18.9 Å². The molecule has 1 aromatic carbocycles. The molecule has 5 heteroatoms. The van der Waals surface area contributed by atoms with Crippen molar-refractivity contribution in [2.24, 2.45) is 0 Å². The van der Waals surface area contributed by atoms with Gasteiger partial charge in [0.15, 0.2) is 0 Å². The Bertz CT molecular complexity index is 435. The molecule has 2 N–H and O–H groups in total. The van der Waals surface area contributed by atoms with Crippen LogP contribution < -0.4 is 5.32 Å². The summed E-state index contributed by atoms with van der Waals surface area (Å²) in [7, 11) is 1.74. The van der Waals surface area contributed by atoms with Crippen LogP contribution >= 0.6 is 15.9 Å². The third-order valence-electron chi connectivity index (χ3n) is 3.14. The molecule has 1 aromatic rings. The largest absolute Gasteiger partial charge is 0.394 e. The van der Waals surface area contributed by atoms with E-state index in [2.05, 4.69) is 21.2 Å². The first kappa shape index (κ1) is 12.5. The summed E-state index contributed by atoms with van der Waals surface area (Å²) in [5, 5.41) is 12.5. The van der Waals surface area contributed by atoms with E-state index in [1.165, 1.54) is 0 Å². The van der Waals surface area contributed by atoms with Gasteiger partial charge in [0, 0.05) is 11.5 Å². The van der Waals surface area contributed by atoms with Gasteiger partial charge in [-0.05, 0) is 24.6 Å². The topological polar surface area (TPSA) is 52.6 Å². The Morgan fingerprint density at radius 2 is 2.06 bits per heavy atom. The molecule has 1 aliphatic rings. The molecule has 0 spiro atoms. The number of nitrogens with zero attached hydrogens (tertiary/aromatic N) is 1. The molecule has 0 saturated carbocycles. The van der Waals surface area contributed by atoms with Crippen molar-refractivity contribution in [2.75, 3.05) is 13.7 Å². The second-order valence-corrected chi connectivity index (χ2v) is 5.42. The van der Waals surface area contributed by atoms with Crippen LogP contribution in [0.3, 0.4) is 0 Å². The molecule has 17 heavy (non-hydrogen) atoms. The Labute approximate surface area is 109 Å². The summed E-state index contributed by atoms with van der Waals surface area (Å²) in [6.07, 6.45) is -0.187. The molecular formula is C12H15BrN2O2. The van der Waals surface area contributed by atoms with Gasteiger partial charge in [-0.1, -0.05) is 28.1 Å². The lowest BCUT2D eigenvalue weighted by Crippen LogP contribution is -2.46. The number of amides is 1. The monoisotopic (exact) mass is 298 g/mol. The Balaban J connectivity index is 2.30. The minimum Gasteiger partial charge on any atom is -0.394 e. The zero-order valence-electron chi connectivity index (χ0n) is 9.77. The van der Waals surface area contributed by atoms with Gasteiger partial charge in [-0.25, -0.2) is 0 Å². The first-order valence-corrected chi connectivity index (χ1v) is 6.18. The van der Waals surface area contributed by atoms with Crippen LogP contribution in [0.2, 0.25) is 0 Å². The second-order valence-electron chi connectivity index (χ2n) is 4.50. The third-order valence-corrected chi connectivity index (χ3v) is 3.67. The van der Waals surface area contributed by atoms with E-state index >= 15 is 0 Å². The molecule has 2 unspecified atom stereocenters.